The molecule has 82 valence electrons. The first kappa shape index (κ1) is 12.2. The summed E-state index contributed by atoms with van der Waals surface area (Å²) in [6, 6.07) is 3.89. The fourth-order valence-electron chi connectivity index (χ4n) is 1.52. The maximum absolute atomic E-state index is 5.74. The standard InChI is InChI=1S/C12H16ClNO/c1-3-5-6-7-10(14-4-2)11-8-9-12(13)15-11/h1,8-10,14H,4-7H2,2H3. The van der Waals surface area contributed by atoms with E-state index in [1.807, 2.05) is 6.07 Å². The molecular formula is C12H16ClNO. The quantitative estimate of drug-likeness (QED) is 0.593. The van der Waals surface area contributed by atoms with E-state index in [2.05, 4.69) is 18.2 Å². The van der Waals surface area contributed by atoms with Crippen LogP contribution in [0.4, 0.5) is 0 Å². The maximum atomic E-state index is 5.74. The molecule has 1 unspecified atom stereocenters. The number of hydrogen-bond acceptors (Lipinski definition) is 2. The number of unbranched alkanes of at least 4 members (excludes halogenated alkanes) is 1. The van der Waals surface area contributed by atoms with Crippen LogP contribution >= 0.6 is 11.6 Å². The fourth-order valence-corrected chi connectivity index (χ4v) is 1.67. The van der Waals surface area contributed by atoms with Crippen LogP contribution in [0.1, 0.15) is 38.0 Å². The van der Waals surface area contributed by atoms with E-state index in [0.29, 0.717) is 5.22 Å². The van der Waals surface area contributed by atoms with Gasteiger partial charge in [0.15, 0.2) is 5.22 Å². The topological polar surface area (TPSA) is 25.2 Å². The Morgan fingerprint density at radius 1 is 1.60 bits per heavy atom. The van der Waals surface area contributed by atoms with Crippen LogP contribution in [-0.2, 0) is 0 Å². The zero-order valence-electron chi connectivity index (χ0n) is 8.92. The minimum absolute atomic E-state index is 0.218. The highest BCUT2D eigenvalue weighted by atomic mass is 35.5. The summed E-state index contributed by atoms with van der Waals surface area (Å²) in [5, 5.41) is 3.79. The average molecular weight is 226 g/mol. The average Bonchev–Trinajstić information content (AvgIpc) is 2.64. The molecule has 0 aliphatic heterocycles. The van der Waals surface area contributed by atoms with Gasteiger partial charge in [0.05, 0.1) is 6.04 Å². The van der Waals surface area contributed by atoms with Gasteiger partial charge in [-0.2, -0.15) is 0 Å². The summed E-state index contributed by atoms with van der Waals surface area (Å²) in [5.41, 5.74) is 0. The molecule has 1 aromatic heterocycles. The molecule has 1 atom stereocenters. The van der Waals surface area contributed by atoms with Crippen LogP contribution in [0.3, 0.4) is 0 Å². The van der Waals surface area contributed by atoms with Crippen molar-refractivity contribution in [3.05, 3.63) is 23.1 Å². The monoisotopic (exact) mass is 225 g/mol. The SMILES string of the molecule is C#CCCCC(NCC)c1ccc(Cl)o1. The summed E-state index contributed by atoms with van der Waals surface area (Å²) in [6.45, 7) is 2.97. The van der Waals surface area contributed by atoms with Crippen LogP contribution in [-0.4, -0.2) is 6.54 Å². The Labute approximate surface area is 96.0 Å². The normalized spacial score (nSPS) is 12.3. The molecule has 2 nitrogen and oxygen atoms in total. The van der Waals surface area contributed by atoms with Crippen molar-refractivity contribution in [2.24, 2.45) is 0 Å². The number of nitrogens with one attached hydrogen (secondary N) is 1. The van der Waals surface area contributed by atoms with Crippen molar-refractivity contribution >= 4 is 11.6 Å². The van der Waals surface area contributed by atoms with Gasteiger partial charge in [0.25, 0.3) is 0 Å². The molecule has 0 fully saturated rings. The van der Waals surface area contributed by atoms with Gasteiger partial charge in [-0.15, -0.1) is 12.3 Å². The van der Waals surface area contributed by atoms with Crippen molar-refractivity contribution in [2.75, 3.05) is 6.54 Å². The molecule has 0 aromatic carbocycles. The van der Waals surface area contributed by atoms with E-state index in [1.165, 1.54) is 0 Å². The molecule has 0 aliphatic carbocycles. The van der Waals surface area contributed by atoms with E-state index in [9.17, 15) is 0 Å². The van der Waals surface area contributed by atoms with Gasteiger partial charge >= 0.3 is 0 Å². The van der Waals surface area contributed by atoms with E-state index in [-0.39, 0.29) is 6.04 Å². The smallest absolute Gasteiger partial charge is 0.193 e. The van der Waals surface area contributed by atoms with E-state index >= 15 is 0 Å². The molecule has 0 bridgehead atoms. The zero-order valence-corrected chi connectivity index (χ0v) is 9.68. The van der Waals surface area contributed by atoms with Gasteiger partial charge in [0.2, 0.25) is 0 Å². The zero-order chi connectivity index (χ0) is 11.1. The molecule has 0 radical (unpaired) electrons. The Morgan fingerprint density at radius 2 is 2.40 bits per heavy atom. The Kier molecular flexibility index (Phi) is 5.31. The molecule has 15 heavy (non-hydrogen) atoms. The third kappa shape index (κ3) is 3.99. The highest BCUT2D eigenvalue weighted by molar-refractivity contribution is 6.28. The molecule has 0 aliphatic rings. The lowest BCUT2D eigenvalue weighted by molar-refractivity contribution is 0.397. The number of furan rings is 1. The lowest BCUT2D eigenvalue weighted by Gasteiger charge is -2.14. The first-order valence-electron chi connectivity index (χ1n) is 5.20. The maximum Gasteiger partial charge on any atom is 0.193 e. The van der Waals surface area contributed by atoms with Gasteiger partial charge in [-0.3, -0.25) is 0 Å². The van der Waals surface area contributed by atoms with Crippen molar-refractivity contribution < 1.29 is 4.42 Å². The van der Waals surface area contributed by atoms with Crippen LogP contribution in [0.2, 0.25) is 5.22 Å². The number of hydrogen-bond donors (Lipinski definition) is 1. The molecule has 0 saturated carbocycles. The predicted octanol–water partition coefficient (Wildman–Crippen LogP) is 3.39. The first-order chi connectivity index (χ1) is 7.27. The first-order valence-corrected chi connectivity index (χ1v) is 5.57. The second kappa shape index (κ2) is 6.55. The molecule has 1 aromatic rings. The summed E-state index contributed by atoms with van der Waals surface area (Å²) in [4.78, 5) is 0. The van der Waals surface area contributed by atoms with Gasteiger partial charge in [0, 0.05) is 6.42 Å². The van der Waals surface area contributed by atoms with Gasteiger partial charge in [0.1, 0.15) is 5.76 Å². The van der Waals surface area contributed by atoms with Gasteiger partial charge in [-0.05, 0) is 43.1 Å². The predicted molar refractivity (Wildman–Crippen MR) is 62.8 cm³/mol. The number of rotatable bonds is 6. The van der Waals surface area contributed by atoms with Crippen LogP contribution < -0.4 is 5.32 Å². The van der Waals surface area contributed by atoms with Crippen LogP contribution in [0, 0.1) is 12.3 Å². The minimum atomic E-state index is 0.218. The molecule has 3 heteroatoms. The van der Waals surface area contributed by atoms with Gasteiger partial charge in [-0.1, -0.05) is 6.92 Å². The third-order valence-corrected chi connectivity index (χ3v) is 2.41. The van der Waals surface area contributed by atoms with Gasteiger partial charge in [-0.25, -0.2) is 0 Å². The molecule has 0 saturated heterocycles. The van der Waals surface area contributed by atoms with Crippen molar-refractivity contribution in [1.82, 2.24) is 5.32 Å². The molecule has 1 heterocycles. The Bertz CT molecular complexity index is 327. The Morgan fingerprint density at radius 3 is 2.93 bits per heavy atom. The van der Waals surface area contributed by atoms with Crippen LogP contribution in [0.15, 0.2) is 16.5 Å². The van der Waals surface area contributed by atoms with Crippen LogP contribution in [0.5, 0.6) is 0 Å². The number of terminal acetylenes is 1. The van der Waals surface area contributed by atoms with E-state index in [1.54, 1.807) is 6.07 Å². The van der Waals surface area contributed by atoms with Crippen molar-refractivity contribution in [2.45, 2.75) is 32.2 Å². The second-order valence-corrected chi connectivity index (χ2v) is 3.72. The lowest BCUT2D eigenvalue weighted by atomic mass is 10.1. The summed E-state index contributed by atoms with van der Waals surface area (Å²) in [7, 11) is 0. The largest absolute Gasteiger partial charge is 0.448 e. The van der Waals surface area contributed by atoms with E-state index in [0.717, 1.165) is 31.6 Å². The fraction of sp³-hybridized carbons (Fsp3) is 0.500. The second-order valence-electron chi connectivity index (χ2n) is 3.35. The van der Waals surface area contributed by atoms with Gasteiger partial charge < -0.3 is 9.73 Å². The summed E-state index contributed by atoms with van der Waals surface area (Å²) >= 11 is 5.74. The molecule has 1 N–H and O–H groups in total. The van der Waals surface area contributed by atoms with E-state index in [4.69, 9.17) is 22.4 Å². The molecule has 0 spiro atoms. The van der Waals surface area contributed by atoms with Crippen molar-refractivity contribution in [3.63, 3.8) is 0 Å². The summed E-state index contributed by atoms with van der Waals surface area (Å²) in [6.07, 6.45) is 7.99. The summed E-state index contributed by atoms with van der Waals surface area (Å²) < 4.78 is 5.38. The number of halogens is 1. The highest BCUT2D eigenvalue weighted by Crippen LogP contribution is 2.23. The Balaban J connectivity index is 2.54. The minimum Gasteiger partial charge on any atom is -0.448 e. The van der Waals surface area contributed by atoms with Crippen molar-refractivity contribution in [3.8, 4) is 12.3 Å². The Hall–Kier alpha value is -0.910. The molecule has 1 rings (SSSR count). The summed E-state index contributed by atoms with van der Waals surface area (Å²) in [5.74, 6) is 3.53. The van der Waals surface area contributed by atoms with Crippen molar-refractivity contribution in [1.29, 1.82) is 0 Å². The van der Waals surface area contributed by atoms with E-state index < -0.39 is 0 Å². The highest BCUT2D eigenvalue weighted by Gasteiger charge is 2.13. The lowest BCUT2D eigenvalue weighted by Crippen LogP contribution is -2.20. The third-order valence-electron chi connectivity index (χ3n) is 2.20. The molecular weight excluding hydrogens is 210 g/mol. The molecule has 0 amide bonds. The van der Waals surface area contributed by atoms with Crippen LogP contribution in [0.25, 0.3) is 0 Å².